The van der Waals surface area contributed by atoms with Crippen molar-refractivity contribution in [2.24, 2.45) is 0 Å². The number of furan rings is 1. The molecule has 3 aromatic carbocycles. The van der Waals surface area contributed by atoms with Crippen LogP contribution in [0.2, 0.25) is 0 Å². The topological polar surface area (TPSA) is 68.5 Å². The summed E-state index contributed by atoms with van der Waals surface area (Å²) in [6.45, 7) is 0.191. The third kappa shape index (κ3) is 4.66. The number of amides is 1. The maximum absolute atomic E-state index is 12.2. The SMILES string of the molecule is O=C(CCC(=O)OCc1ccc(Br)cc1)Nc1ccc2c(c1)oc1ccccc12. The quantitative estimate of drug-likeness (QED) is 0.375. The lowest BCUT2D eigenvalue weighted by Gasteiger charge is -2.06. The van der Waals surface area contributed by atoms with Gasteiger partial charge in [-0.2, -0.15) is 0 Å². The maximum atomic E-state index is 12.2. The Labute approximate surface area is 175 Å². The van der Waals surface area contributed by atoms with Crippen LogP contribution < -0.4 is 5.32 Å². The van der Waals surface area contributed by atoms with E-state index in [1.807, 2.05) is 60.7 Å². The van der Waals surface area contributed by atoms with Crippen LogP contribution in [0.4, 0.5) is 5.69 Å². The fourth-order valence-corrected chi connectivity index (χ4v) is 3.32. The van der Waals surface area contributed by atoms with Crippen LogP contribution in [0, 0.1) is 0 Å². The van der Waals surface area contributed by atoms with Gasteiger partial charge in [0.25, 0.3) is 0 Å². The number of nitrogens with one attached hydrogen (secondary N) is 1. The molecule has 1 aromatic heterocycles. The molecule has 0 aliphatic rings. The number of esters is 1. The molecule has 0 radical (unpaired) electrons. The summed E-state index contributed by atoms with van der Waals surface area (Å²) in [4.78, 5) is 24.1. The van der Waals surface area contributed by atoms with Gasteiger partial charge in [-0.15, -0.1) is 0 Å². The Morgan fingerprint density at radius 1 is 0.897 bits per heavy atom. The van der Waals surface area contributed by atoms with Gasteiger partial charge in [0, 0.05) is 33.4 Å². The van der Waals surface area contributed by atoms with E-state index in [0.717, 1.165) is 26.4 Å². The third-order valence-electron chi connectivity index (χ3n) is 4.53. The Hall–Kier alpha value is -3.12. The van der Waals surface area contributed by atoms with Gasteiger partial charge in [-0.05, 0) is 35.9 Å². The van der Waals surface area contributed by atoms with E-state index < -0.39 is 5.97 Å². The van der Waals surface area contributed by atoms with Crippen LogP contribution in [-0.4, -0.2) is 11.9 Å². The van der Waals surface area contributed by atoms with Crippen molar-refractivity contribution in [1.29, 1.82) is 0 Å². The van der Waals surface area contributed by atoms with Crippen molar-refractivity contribution in [2.45, 2.75) is 19.4 Å². The van der Waals surface area contributed by atoms with E-state index in [2.05, 4.69) is 21.2 Å². The molecule has 0 atom stereocenters. The van der Waals surface area contributed by atoms with Crippen LogP contribution in [0.1, 0.15) is 18.4 Å². The van der Waals surface area contributed by atoms with Gasteiger partial charge in [0.2, 0.25) is 5.91 Å². The van der Waals surface area contributed by atoms with Crippen LogP contribution in [0.25, 0.3) is 21.9 Å². The number of fused-ring (bicyclic) bond motifs is 3. The van der Waals surface area contributed by atoms with E-state index in [-0.39, 0.29) is 25.4 Å². The highest BCUT2D eigenvalue weighted by atomic mass is 79.9. The number of rotatable bonds is 6. The molecule has 29 heavy (non-hydrogen) atoms. The van der Waals surface area contributed by atoms with Crippen LogP contribution >= 0.6 is 15.9 Å². The summed E-state index contributed by atoms with van der Waals surface area (Å²) in [6, 6.07) is 20.8. The second-order valence-electron chi connectivity index (χ2n) is 6.64. The van der Waals surface area contributed by atoms with E-state index in [1.54, 1.807) is 6.07 Å². The molecule has 4 aromatic rings. The number of benzene rings is 3. The zero-order valence-corrected chi connectivity index (χ0v) is 17.1. The number of ether oxygens (including phenoxy) is 1. The first-order chi connectivity index (χ1) is 14.1. The third-order valence-corrected chi connectivity index (χ3v) is 5.06. The van der Waals surface area contributed by atoms with E-state index in [0.29, 0.717) is 11.3 Å². The minimum absolute atomic E-state index is 0.0231. The molecule has 0 aliphatic carbocycles. The standard InChI is InChI=1S/C23H18BrNO4/c24-16-7-5-15(6-8-16)14-28-23(27)12-11-22(26)25-17-9-10-19-18-3-1-2-4-20(18)29-21(19)13-17/h1-10,13H,11-12,14H2,(H,25,26). The molecule has 4 rings (SSSR count). The Balaban J connectivity index is 1.30. The van der Waals surface area contributed by atoms with Gasteiger partial charge in [-0.25, -0.2) is 0 Å². The molecular weight excluding hydrogens is 434 g/mol. The first kappa shape index (κ1) is 19.2. The lowest BCUT2D eigenvalue weighted by atomic mass is 10.1. The lowest BCUT2D eigenvalue weighted by molar-refractivity contribution is -0.145. The minimum atomic E-state index is -0.407. The average molecular weight is 452 g/mol. The van der Waals surface area contributed by atoms with E-state index in [1.165, 1.54) is 0 Å². The van der Waals surface area contributed by atoms with Crippen molar-refractivity contribution in [3.05, 3.63) is 76.8 Å². The highest BCUT2D eigenvalue weighted by Gasteiger charge is 2.11. The molecule has 5 nitrogen and oxygen atoms in total. The summed E-state index contributed by atoms with van der Waals surface area (Å²) in [6.07, 6.45) is 0.0760. The second-order valence-corrected chi connectivity index (χ2v) is 7.56. The molecular formula is C23H18BrNO4. The molecule has 0 bridgehead atoms. The van der Waals surface area contributed by atoms with Gasteiger partial charge in [-0.1, -0.05) is 46.3 Å². The molecule has 0 spiro atoms. The number of carbonyl (C=O) groups excluding carboxylic acids is 2. The van der Waals surface area contributed by atoms with Crippen molar-refractivity contribution in [1.82, 2.24) is 0 Å². The summed E-state index contributed by atoms with van der Waals surface area (Å²) in [7, 11) is 0. The normalized spacial score (nSPS) is 10.9. The fraction of sp³-hybridized carbons (Fsp3) is 0.130. The maximum Gasteiger partial charge on any atom is 0.306 e. The van der Waals surface area contributed by atoms with Crippen molar-refractivity contribution in [2.75, 3.05) is 5.32 Å². The Kier molecular flexibility index (Phi) is 5.62. The molecule has 0 aliphatic heterocycles. The molecule has 0 saturated carbocycles. The van der Waals surface area contributed by atoms with Crippen molar-refractivity contribution in [3.63, 3.8) is 0 Å². The van der Waals surface area contributed by atoms with Crippen LogP contribution in [-0.2, 0) is 20.9 Å². The second kappa shape index (κ2) is 8.49. The van der Waals surface area contributed by atoms with E-state index in [4.69, 9.17) is 9.15 Å². The number of hydrogen-bond acceptors (Lipinski definition) is 4. The molecule has 0 saturated heterocycles. The molecule has 1 N–H and O–H groups in total. The molecule has 1 amide bonds. The number of anilines is 1. The van der Waals surface area contributed by atoms with E-state index >= 15 is 0 Å². The summed E-state index contributed by atoms with van der Waals surface area (Å²) >= 11 is 3.36. The van der Waals surface area contributed by atoms with Crippen LogP contribution in [0.5, 0.6) is 0 Å². The molecule has 0 fully saturated rings. The van der Waals surface area contributed by atoms with Gasteiger partial charge in [0.1, 0.15) is 17.8 Å². The number of para-hydroxylation sites is 1. The summed E-state index contributed by atoms with van der Waals surface area (Å²) in [5.74, 6) is -0.656. The predicted molar refractivity (Wildman–Crippen MR) is 116 cm³/mol. The molecule has 146 valence electrons. The van der Waals surface area contributed by atoms with Gasteiger partial charge < -0.3 is 14.5 Å². The monoisotopic (exact) mass is 451 g/mol. The first-order valence-electron chi connectivity index (χ1n) is 9.20. The zero-order valence-electron chi connectivity index (χ0n) is 15.5. The van der Waals surface area contributed by atoms with Crippen LogP contribution in [0.3, 0.4) is 0 Å². The predicted octanol–water partition coefficient (Wildman–Crippen LogP) is 5.81. The summed E-state index contributed by atoms with van der Waals surface area (Å²) in [5, 5.41) is 4.83. The zero-order chi connectivity index (χ0) is 20.2. The molecule has 6 heteroatoms. The Bertz CT molecular complexity index is 1180. The smallest absolute Gasteiger partial charge is 0.306 e. The number of hydrogen-bond donors (Lipinski definition) is 1. The largest absolute Gasteiger partial charge is 0.461 e. The average Bonchev–Trinajstić information content (AvgIpc) is 3.09. The van der Waals surface area contributed by atoms with Gasteiger partial charge in [0.05, 0.1) is 6.42 Å². The Morgan fingerprint density at radius 2 is 1.66 bits per heavy atom. The van der Waals surface area contributed by atoms with Gasteiger partial charge >= 0.3 is 5.97 Å². The number of carbonyl (C=O) groups is 2. The van der Waals surface area contributed by atoms with Crippen molar-refractivity contribution < 1.29 is 18.7 Å². The van der Waals surface area contributed by atoms with Crippen molar-refractivity contribution in [3.8, 4) is 0 Å². The summed E-state index contributed by atoms with van der Waals surface area (Å²) < 4.78 is 12.0. The van der Waals surface area contributed by atoms with Gasteiger partial charge in [0.15, 0.2) is 0 Å². The summed E-state index contributed by atoms with van der Waals surface area (Å²) in [5.41, 5.74) is 3.03. The lowest BCUT2D eigenvalue weighted by Crippen LogP contribution is -2.14. The van der Waals surface area contributed by atoms with Gasteiger partial charge in [-0.3, -0.25) is 9.59 Å². The fourth-order valence-electron chi connectivity index (χ4n) is 3.06. The number of halogens is 1. The highest BCUT2D eigenvalue weighted by molar-refractivity contribution is 9.10. The minimum Gasteiger partial charge on any atom is -0.461 e. The van der Waals surface area contributed by atoms with Crippen molar-refractivity contribution >= 4 is 55.4 Å². The van der Waals surface area contributed by atoms with Crippen LogP contribution in [0.15, 0.2) is 75.6 Å². The Morgan fingerprint density at radius 3 is 2.48 bits per heavy atom. The highest BCUT2D eigenvalue weighted by Crippen LogP contribution is 2.30. The molecule has 1 heterocycles. The molecule has 0 unspecified atom stereocenters. The first-order valence-corrected chi connectivity index (χ1v) is 9.99. The van der Waals surface area contributed by atoms with E-state index in [9.17, 15) is 9.59 Å².